The van der Waals surface area contributed by atoms with E-state index in [1.54, 1.807) is 13.0 Å². The largest absolute Gasteiger partial charge is 0.368 e. The molecule has 0 aromatic rings. The van der Waals surface area contributed by atoms with Crippen LogP contribution in [0.3, 0.4) is 0 Å². The summed E-state index contributed by atoms with van der Waals surface area (Å²) in [6.07, 6.45) is 1.97. The summed E-state index contributed by atoms with van der Waals surface area (Å²) < 4.78 is 0. The summed E-state index contributed by atoms with van der Waals surface area (Å²) in [6.45, 7) is 5.59. The average Bonchev–Trinajstić information content (AvgIpc) is 2.13. The molecule has 5 heteroatoms. The summed E-state index contributed by atoms with van der Waals surface area (Å²) in [6, 6.07) is -0.633. The number of nitrogens with two attached hydrogens (primary N) is 2. The molecule has 0 fully saturated rings. The molecule has 4 N–H and O–H groups in total. The van der Waals surface area contributed by atoms with E-state index < -0.39 is 11.9 Å². The Hall–Kier alpha value is -1.36. The van der Waals surface area contributed by atoms with E-state index >= 15 is 0 Å². The Balaban J connectivity index is 4.29. The lowest BCUT2D eigenvalue weighted by atomic mass is 10.2. The van der Waals surface area contributed by atoms with Gasteiger partial charge in [-0.15, -0.1) is 6.58 Å². The highest BCUT2D eigenvalue weighted by Crippen LogP contribution is 1.97. The molecule has 14 heavy (non-hydrogen) atoms. The van der Waals surface area contributed by atoms with Gasteiger partial charge in [0.1, 0.15) is 0 Å². The molecule has 1 atom stereocenters. The van der Waals surface area contributed by atoms with Gasteiger partial charge >= 0.3 is 0 Å². The average molecular weight is 199 g/mol. The molecule has 0 radical (unpaired) electrons. The van der Waals surface area contributed by atoms with Gasteiger partial charge in [0.05, 0.1) is 12.6 Å². The smallest absolute Gasteiger partial charge is 0.240 e. The standard InChI is InChI=1S/C9H17N3O2/c1-3-5-7(10)9(14)12(4-2)6-8(11)13/h3,7H,1,4-6,10H2,2H3,(H2,11,13). The predicted molar refractivity (Wildman–Crippen MR) is 54.2 cm³/mol. The van der Waals surface area contributed by atoms with E-state index in [1.807, 2.05) is 0 Å². The molecule has 5 nitrogen and oxygen atoms in total. The van der Waals surface area contributed by atoms with Gasteiger partial charge in [-0.25, -0.2) is 0 Å². The Labute approximate surface area is 83.7 Å². The van der Waals surface area contributed by atoms with Crippen LogP contribution >= 0.6 is 0 Å². The lowest BCUT2D eigenvalue weighted by Crippen LogP contribution is -2.46. The van der Waals surface area contributed by atoms with Crippen LogP contribution in [0.2, 0.25) is 0 Å². The Morgan fingerprint density at radius 1 is 1.57 bits per heavy atom. The van der Waals surface area contributed by atoms with E-state index in [-0.39, 0.29) is 12.5 Å². The molecular formula is C9H17N3O2. The fraction of sp³-hybridized carbons (Fsp3) is 0.556. The number of likely N-dealkylation sites (N-methyl/N-ethyl adjacent to an activating group) is 1. The molecule has 0 spiro atoms. The normalized spacial score (nSPS) is 11.9. The quantitative estimate of drug-likeness (QED) is 0.550. The second-order valence-electron chi connectivity index (χ2n) is 2.95. The molecule has 0 aliphatic rings. The monoisotopic (exact) mass is 199 g/mol. The van der Waals surface area contributed by atoms with Crippen LogP contribution in [0, 0.1) is 0 Å². The fourth-order valence-electron chi connectivity index (χ4n) is 1.05. The zero-order chi connectivity index (χ0) is 11.1. The van der Waals surface area contributed by atoms with Crippen molar-refractivity contribution < 1.29 is 9.59 Å². The van der Waals surface area contributed by atoms with Crippen molar-refractivity contribution in [3.05, 3.63) is 12.7 Å². The van der Waals surface area contributed by atoms with Crippen LogP contribution in [-0.2, 0) is 9.59 Å². The second-order valence-corrected chi connectivity index (χ2v) is 2.95. The van der Waals surface area contributed by atoms with Crippen molar-refractivity contribution in [2.45, 2.75) is 19.4 Å². The zero-order valence-electron chi connectivity index (χ0n) is 8.40. The lowest BCUT2D eigenvalue weighted by Gasteiger charge is -2.22. The van der Waals surface area contributed by atoms with Gasteiger partial charge in [0.2, 0.25) is 11.8 Å². The summed E-state index contributed by atoms with van der Waals surface area (Å²) in [5.41, 5.74) is 10.6. The van der Waals surface area contributed by atoms with Crippen molar-refractivity contribution in [2.24, 2.45) is 11.5 Å². The van der Waals surface area contributed by atoms with Crippen molar-refractivity contribution in [1.82, 2.24) is 4.90 Å². The topological polar surface area (TPSA) is 89.4 Å². The molecule has 1 unspecified atom stereocenters. The summed E-state index contributed by atoms with van der Waals surface area (Å²) >= 11 is 0. The van der Waals surface area contributed by atoms with E-state index in [2.05, 4.69) is 6.58 Å². The third-order valence-corrected chi connectivity index (χ3v) is 1.78. The Bertz CT molecular complexity index is 228. The molecule has 0 saturated carbocycles. The van der Waals surface area contributed by atoms with Crippen molar-refractivity contribution in [3.8, 4) is 0 Å². The van der Waals surface area contributed by atoms with E-state index in [0.29, 0.717) is 13.0 Å². The van der Waals surface area contributed by atoms with Crippen molar-refractivity contribution >= 4 is 11.8 Å². The summed E-state index contributed by atoms with van der Waals surface area (Å²) in [7, 11) is 0. The Morgan fingerprint density at radius 2 is 2.14 bits per heavy atom. The van der Waals surface area contributed by atoms with Crippen molar-refractivity contribution in [1.29, 1.82) is 0 Å². The maximum Gasteiger partial charge on any atom is 0.240 e. The molecule has 0 saturated heterocycles. The molecule has 0 aromatic carbocycles. The second kappa shape index (κ2) is 6.15. The van der Waals surface area contributed by atoms with Gasteiger partial charge < -0.3 is 16.4 Å². The number of carbonyl (C=O) groups is 2. The Morgan fingerprint density at radius 3 is 2.50 bits per heavy atom. The van der Waals surface area contributed by atoms with Gasteiger partial charge in [-0.3, -0.25) is 9.59 Å². The first-order valence-corrected chi connectivity index (χ1v) is 4.46. The van der Waals surface area contributed by atoms with Gasteiger partial charge in [0.15, 0.2) is 0 Å². The summed E-state index contributed by atoms with van der Waals surface area (Å²) in [5.74, 6) is -0.808. The molecular weight excluding hydrogens is 182 g/mol. The third-order valence-electron chi connectivity index (χ3n) is 1.78. The predicted octanol–water partition coefficient (Wildman–Crippen LogP) is -0.776. The van der Waals surface area contributed by atoms with Crippen molar-refractivity contribution in [2.75, 3.05) is 13.1 Å². The third kappa shape index (κ3) is 4.04. The van der Waals surface area contributed by atoms with Crippen molar-refractivity contribution in [3.63, 3.8) is 0 Å². The van der Waals surface area contributed by atoms with Gasteiger partial charge in [-0.05, 0) is 13.3 Å². The SMILES string of the molecule is C=CCC(N)C(=O)N(CC)CC(N)=O. The molecule has 0 aromatic heterocycles. The van der Waals surface area contributed by atoms with Gasteiger partial charge in [0, 0.05) is 6.54 Å². The van der Waals surface area contributed by atoms with E-state index in [9.17, 15) is 9.59 Å². The maximum atomic E-state index is 11.5. The molecule has 2 amide bonds. The van der Waals surface area contributed by atoms with Crippen LogP contribution in [0.4, 0.5) is 0 Å². The Kier molecular flexibility index (Phi) is 5.55. The minimum atomic E-state index is -0.633. The molecule has 0 aliphatic carbocycles. The van der Waals surface area contributed by atoms with E-state index in [4.69, 9.17) is 11.5 Å². The van der Waals surface area contributed by atoms with Crippen LogP contribution in [-0.4, -0.2) is 35.8 Å². The first-order valence-electron chi connectivity index (χ1n) is 4.46. The molecule has 0 rings (SSSR count). The molecule has 0 bridgehead atoms. The summed E-state index contributed by atoms with van der Waals surface area (Å²) in [4.78, 5) is 23.5. The lowest BCUT2D eigenvalue weighted by molar-refractivity contribution is -0.136. The van der Waals surface area contributed by atoms with Crippen LogP contribution < -0.4 is 11.5 Å². The molecule has 0 heterocycles. The van der Waals surface area contributed by atoms with Crippen LogP contribution in [0.1, 0.15) is 13.3 Å². The highest BCUT2D eigenvalue weighted by molar-refractivity contribution is 5.86. The van der Waals surface area contributed by atoms with Gasteiger partial charge in [0.25, 0.3) is 0 Å². The zero-order valence-corrected chi connectivity index (χ0v) is 8.40. The molecule has 80 valence electrons. The highest BCUT2D eigenvalue weighted by Gasteiger charge is 2.19. The van der Waals surface area contributed by atoms with Gasteiger partial charge in [-0.1, -0.05) is 6.08 Å². The first kappa shape index (κ1) is 12.6. The minimum absolute atomic E-state index is 0.0832. The number of nitrogens with zero attached hydrogens (tertiary/aromatic N) is 1. The first-order chi connectivity index (χ1) is 6.52. The van der Waals surface area contributed by atoms with E-state index in [0.717, 1.165) is 0 Å². The minimum Gasteiger partial charge on any atom is -0.368 e. The number of carbonyl (C=O) groups excluding carboxylic acids is 2. The van der Waals surface area contributed by atoms with Crippen LogP contribution in [0.5, 0.6) is 0 Å². The van der Waals surface area contributed by atoms with E-state index in [1.165, 1.54) is 4.90 Å². The summed E-state index contributed by atoms with van der Waals surface area (Å²) in [5, 5.41) is 0. The highest BCUT2D eigenvalue weighted by atomic mass is 16.2. The number of primary amides is 1. The number of amides is 2. The maximum absolute atomic E-state index is 11.5. The number of rotatable bonds is 6. The van der Waals surface area contributed by atoms with Gasteiger partial charge in [-0.2, -0.15) is 0 Å². The fourth-order valence-corrected chi connectivity index (χ4v) is 1.05. The number of hydrogen-bond acceptors (Lipinski definition) is 3. The van der Waals surface area contributed by atoms with Crippen LogP contribution in [0.25, 0.3) is 0 Å². The number of hydrogen-bond donors (Lipinski definition) is 2. The van der Waals surface area contributed by atoms with Crippen LogP contribution in [0.15, 0.2) is 12.7 Å². The molecule has 0 aliphatic heterocycles.